The Morgan fingerprint density at radius 1 is 1.60 bits per heavy atom. The molecule has 1 heterocycles. The molecule has 0 fully saturated rings. The molecule has 0 saturated carbocycles. The highest BCUT2D eigenvalue weighted by molar-refractivity contribution is 5.71. The Bertz CT molecular complexity index is 166. The SMILES string of the molecule is COC1=CC=NN(OC)N1. The van der Waals surface area contributed by atoms with Gasteiger partial charge in [0.1, 0.15) is 0 Å². The summed E-state index contributed by atoms with van der Waals surface area (Å²) in [6.07, 6.45) is 3.26. The minimum atomic E-state index is 0.594. The zero-order valence-corrected chi connectivity index (χ0v) is 5.87. The molecule has 1 aliphatic rings. The summed E-state index contributed by atoms with van der Waals surface area (Å²) in [6.45, 7) is 0. The number of hydrogen-bond donors (Lipinski definition) is 1. The van der Waals surface area contributed by atoms with Gasteiger partial charge in [0.2, 0.25) is 5.88 Å². The molecule has 0 unspecified atom stereocenters. The summed E-state index contributed by atoms with van der Waals surface area (Å²) in [5.74, 6) is 0.594. The van der Waals surface area contributed by atoms with Crippen LogP contribution in [0, 0.1) is 0 Å². The second kappa shape index (κ2) is 3.07. The van der Waals surface area contributed by atoms with Gasteiger partial charge in [-0.05, 0) is 0 Å². The third kappa shape index (κ3) is 1.38. The topological polar surface area (TPSA) is 46.1 Å². The van der Waals surface area contributed by atoms with Gasteiger partial charge in [0.25, 0.3) is 0 Å². The van der Waals surface area contributed by atoms with E-state index < -0.39 is 0 Å². The normalized spacial score (nSPS) is 16.2. The van der Waals surface area contributed by atoms with Crippen molar-refractivity contribution in [2.45, 2.75) is 0 Å². The quantitative estimate of drug-likeness (QED) is 0.583. The molecule has 0 aromatic rings. The lowest BCUT2D eigenvalue weighted by atomic mass is 10.6. The Hall–Kier alpha value is -1.23. The number of nitrogens with zero attached hydrogens (tertiary/aromatic N) is 2. The average Bonchev–Trinajstić information content (AvgIpc) is 2.05. The van der Waals surface area contributed by atoms with E-state index >= 15 is 0 Å². The van der Waals surface area contributed by atoms with Crippen molar-refractivity contribution in [1.29, 1.82) is 0 Å². The lowest BCUT2D eigenvalue weighted by molar-refractivity contribution is -0.172. The number of hydrogen-bond acceptors (Lipinski definition) is 5. The van der Waals surface area contributed by atoms with Crippen molar-refractivity contribution in [3.05, 3.63) is 12.0 Å². The molecular weight excluding hydrogens is 134 g/mol. The average molecular weight is 143 g/mol. The predicted octanol–water partition coefficient (Wildman–Crippen LogP) is -0.158. The summed E-state index contributed by atoms with van der Waals surface area (Å²) in [6, 6.07) is 0. The largest absolute Gasteiger partial charge is 0.481 e. The van der Waals surface area contributed by atoms with E-state index in [2.05, 4.69) is 10.5 Å². The Morgan fingerprint density at radius 2 is 2.40 bits per heavy atom. The Morgan fingerprint density at radius 3 is 3.00 bits per heavy atom. The molecule has 0 aliphatic carbocycles. The van der Waals surface area contributed by atoms with Crippen molar-refractivity contribution in [3.8, 4) is 0 Å². The van der Waals surface area contributed by atoms with Crippen molar-refractivity contribution < 1.29 is 9.57 Å². The van der Waals surface area contributed by atoms with Crippen LogP contribution in [0.25, 0.3) is 0 Å². The zero-order chi connectivity index (χ0) is 7.40. The van der Waals surface area contributed by atoms with Gasteiger partial charge in [-0.1, -0.05) is 5.28 Å². The molecular formula is C5H9N3O2. The highest BCUT2D eigenvalue weighted by Crippen LogP contribution is 1.96. The number of hydrazine groups is 1. The zero-order valence-electron chi connectivity index (χ0n) is 5.87. The molecule has 0 aromatic heterocycles. The van der Waals surface area contributed by atoms with Crippen LogP contribution in [0.3, 0.4) is 0 Å². The molecule has 0 amide bonds. The highest BCUT2D eigenvalue weighted by Gasteiger charge is 2.04. The summed E-state index contributed by atoms with van der Waals surface area (Å²) in [5, 5.41) is 4.96. The first-order valence-electron chi connectivity index (χ1n) is 2.76. The van der Waals surface area contributed by atoms with Gasteiger partial charge in [-0.3, -0.25) is 0 Å². The molecule has 1 N–H and O–H groups in total. The van der Waals surface area contributed by atoms with Crippen LogP contribution in [-0.4, -0.2) is 25.7 Å². The third-order valence-corrected chi connectivity index (χ3v) is 0.996. The predicted molar refractivity (Wildman–Crippen MR) is 35.6 cm³/mol. The fourth-order valence-corrected chi connectivity index (χ4v) is 0.528. The minimum Gasteiger partial charge on any atom is -0.481 e. The van der Waals surface area contributed by atoms with E-state index in [1.165, 1.54) is 12.4 Å². The first kappa shape index (κ1) is 6.88. The van der Waals surface area contributed by atoms with E-state index in [-0.39, 0.29) is 0 Å². The molecule has 0 radical (unpaired) electrons. The first-order chi connectivity index (χ1) is 4.86. The number of nitrogens with one attached hydrogen (secondary N) is 1. The fourth-order valence-electron chi connectivity index (χ4n) is 0.528. The number of allylic oxidation sites excluding steroid dienone is 1. The summed E-state index contributed by atoms with van der Waals surface area (Å²) >= 11 is 0. The van der Waals surface area contributed by atoms with Crippen LogP contribution in [-0.2, 0) is 9.57 Å². The molecule has 0 atom stereocenters. The molecule has 10 heavy (non-hydrogen) atoms. The lowest BCUT2D eigenvalue weighted by Gasteiger charge is -2.20. The van der Waals surface area contributed by atoms with Gasteiger partial charge in [-0.15, -0.1) is 5.10 Å². The van der Waals surface area contributed by atoms with Crippen molar-refractivity contribution in [3.63, 3.8) is 0 Å². The summed E-state index contributed by atoms with van der Waals surface area (Å²) in [5.41, 5.74) is 2.70. The van der Waals surface area contributed by atoms with E-state index in [1.54, 1.807) is 19.4 Å². The van der Waals surface area contributed by atoms with Crippen molar-refractivity contribution in [1.82, 2.24) is 10.7 Å². The lowest BCUT2D eigenvalue weighted by Crippen LogP contribution is -2.34. The molecule has 5 heteroatoms. The van der Waals surface area contributed by atoms with Crippen molar-refractivity contribution in [2.75, 3.05) is 14.2 Å². The van der Waals surface area contributed by atoms with Crippen LogP contribution in [0.1, 0.15) is 0 Å². The van der Waals surface area contributed by atoms with Crippen LogP contribution < -0.4 is 5.43 Å². The molecule has 1 rings (SSSR count). The number of ether oxygens (including phenoxy) is 1. The Balaban J connectivity index is 2.50. The van der Waals surface area contributed by atoms with Gasteiger partial charge < -0.3 is 4.74 Å². The van der Waals surface area contributed by atoms with Crippen LogP contribution in [0.2, 0.25) is 0 Å². The molecule has 0 spiro atoms. The molecule has 56 valence electrons. The van der Waals surface area contributed by atoms with Crippen LogP contribution in [0.4, 0.5) is 0 Å². The van der Waals surface area contributed by atoms with E-state index in [0.717, 1.165) is 0 Å². The van der Waals surface area contributed by atoms with Gasteiger partial charge >= 0.3 is 0 Å². The van der Waals surface area contributed by atoms with E-state index in [1.807, 2.05) is 0 Å². The second-order valence-corrected chi connectivity index (χ2v) is 1.57. The number of methoxy groups -OCH3 is 1. The van der Waals surface area contributed by atoms with Gasteiger partial charge in [0.15, 0.2) is 0 Å². The van der Waals surface area contributed by atoms with Gasteiger partial charge in [-0.2, -0.15) is 0 Å². The highest BCUT2D eigenvalue weighted by atomic mass is 16.7. The maximum absolute atomic E-state index is 4.86. The van der Waals surface area contributed by atoms with E-state index in [4.69, 9.17) is 9.57 Å². The standard InChI is InChI=1S/C5H9N3O2/c1-9-5-3-4-6-8(7-5)10-2/h3-4,7H,1-2H3. The van der Waals surface area contributed by atoms with Gasteiger partial charge in [0, 0.05) is 6.08 Å². The van der Waals surface area contributed by atoms with Crippen LogP contribution >= 0.6 is 0 Å². The van der Waals surface area contributed by atoms with Crippen LogP contribution in [0.15, 0.2) is 17.1 Å². The maximum atomic E-state index is 4.86. The van der Waals surface area contributed by atoms with E-state index in [9.17, 15) is 0 Å². The fraction of sp³-hybridized carbons (Fsp3) is 0.400. The van der Waals surface area contributed by atoms with E-state index in [0.29, 0.717) is 5.88 Å². The van der Waals surface area contributed by atoms with Gasteiger partial charge in [0.05, 0.1) is 20.4 Å². The first-order valence-corrected chi connectivity index (χ1v) is 2.76. The summed E-state index contributed by atoms with van der Waals surface area (Å²) < 4.78 is 4.86. The Labute approximate surface area is 58.8 Å². The minimum absolute atomic E-state index is 0.594. The van der Waals surface area contributed by atoms with Crippen LogP contribution in [0.5, 0.6) is 0 Å². The molecule has 0 saturated heterocycles. The Kier molecular flexibility index (Phi) is 2.11. The van der Waals surface area contributed by atoms with Crippen molar-refractivity contribution in [2.24, 2.45) is 5.10 Å². The smallest absolute Gasteiger partial charge is 0.210 e. The van der Waals surface area contributed by atoms with Crippen molar-refractivity contribution >= 4 is 6.21 Å². The summed E-state index contributed by atoms with van der Waals surface area (Å²) in [7, 11) is 3.06. The molecule has 0 bridgehead atoms. The van der Waals surface area contributed by atoms with Gasteiger partial charge in [-0.25, -0.2) is 10.3 Å². The summed E-state index contributed by atoms with van der Waals surface area (Å²) in [4.78, 5) is 4.73. The maximum Gasteiger partial charge on any atom is 0.210 e. The number of hydrazone groups is 1. The molecule has 1 aliphatic heterocycles. The molecule has 5 nitrogen and oxygen atoms in total. The molecule has 0 aromatic carbocycles. The monoisotopic (exact) mass is 143 g/mol. The number of rotatable bonds is 2. The second-order valence-electron chi connectivity index (χ2n) is 1.57. The third-order valence-electron chi connectivity index (χ3n) is 0.996.